The van der Waals surface area contributed by atoms with Crippen molar-refractivity contribution in [1.29, 1.82) is 0 Å². The number of benzene rings is 2. The van der Waals surface area contributed by atoms with E-state index < -0.39 is 0 Å². The van der Waals surface area contributed by atoms with Crippen molar-refractivity contribution in [3.63, 3.8) is 0 Å². The van der Waals surface area contributed by atoms with Gasteiger partial charge in [0.1, 0.15) is 0 Å². The van der Waals surface area contributed by atoms with E-state index in [1.54, 1.807) is 0 Å². The van der Waals surface area contributed by atoms with Crippen LogP contribution < -0.4 is 5.32 Å². The Morgan fingerprint density at radius 3 is 2.70 bits per heavy atom. The second kappa shape index (κ2) is 9.58. The van der Waals surface area contributed by atoms with Crippen LogP contribution in [0.5, 0.6) is 0 Å². The molecule has 2 heterocycles. The van der Waals surface area contributed by atoms with Gasteiger partial charge in [-0.25, -0.2) is 0 Å². The molecule has 2 aromatic carbocycles. The predicted octanol–water partition coefficient (Wildman–Crippen LogP) is 2.59. The molecule has 4 rings (SSSR count). The summed E-state index contributed by atoms with van der Waals surface area (Å²) < 4.78 is 5.35. The van der Waals surface area contributed by atoms with Gasteiger partial charge in [0.2, 0.25) is 11.8 Å². The van der Waals surface area contributed by atoms with Gasteiger partial charge in [0.25, 0.3) is 0 Å². The lowest BCUT2D eigenvalue weighted by Crippen LogP contribution is -2.50. The van der Waals surface area contributed by atoms with Crippen molar-refractivity contribution < 1.29 is 14.3 Å². The summed E-state index contributed by atoms with van der Waals surface area (Å²) in [6.45, 7) is 6.49. The van der Waals surface area contributed by atoms with Crippen molar-refractivity contribution in [2.24, 2.45) is 5.92 Å². The van der Waals surface area contributed by atoms with Crippen molar-refractivity contribution in [2.75, 3.05) is 45.9 Å². The van der Waals surface area contributed by atoms with E-state index in [0.29, 0.717) is 39.4 Å². The molecule has 2 aliphatic rings. The minimum Gasteiger partial charge on any atom is -0.378 e. The van der Waals surface area contributed by atoms with E-state index in [4.69, 9.17) is 4.74 Å². The summed E-state index contributed by atoms with van der Waals surface area (Å²) in [5, 5.41) is 5.50. The molecule has 160 valence electrons. The Balaban J connectivity index is 1.33. The van der Waals surface area contributed by atoms with Gasteiger partial charge >= 0.3 is 0 Å². The fourth-order valence-electron chi connectivity index (χ4n) is 4.64. The molecule has 2 saturated heterocycles. The summed E-state index contributed by atoms with van der Waals surface area (Å²) in [4.78, 5) is 29.6. The molecule has 0 spiro atoms. The van der Waals surface area contributed by atoms with Crippen LogP contribution in [0.3, 0.4) is 0 Å². The number of nitrogens with zero attached hydrogens (tertiary/aromatic N) is 2. The van der Waals surface area contributed by atoms with E-state index in [0.717, 1.165) is 24.9 Å². The summed E-state index contributed by atoms with van der Waals surface area (Å²) in [5.74, 6) is 0.211. The lowest BCUT2D eigenvalue weighted by Gasteiger charge is -2.36. The molecule has 30 heavy (non-hydrogen) atoms. The molecule has 2 fully saturated rings. The Kier molecular flexibility index (Phi) is 6.65. The number of carbonyl (C=O) groups excluding carboxylic acids is 2. The third-order valence-electron chi connectivity index (χ3n) is 6.21. The smallest absolute Gasteiger partial charge is 0.234 e. The molecular formula is C24H31N3O3. The summed E-state index contributed by atoms with van der Waals surface area (Å²) in [5.41, 5.74) is 1.13. The monoisotopic (exact) mass is 409 g/mol. The van der Waals surface area contributed by atoms with Crippen molar-refractivity contribution in [2.45, 2.75) is 25.8 Å². The third kappa shape index (κ3) is 4.82. The molecule has 0 unspecified atom stereocenters. The molecule has 0 radical (unpaired) electrons. The molecule has 0 aliphatic carbocycles. The zero-order valence-electron chi connectivity index (χ0n) is 17.7. The maximum atomic E-state index is 12.8. The maximum Gasteiger partial charge on any atom is 0.234 e. The van der Waals surface area contributed by atoms with E-state index in [2.05, 4.69) is 34.5 Å². The number of likely N-dealkylation sites (tertiary alicyclic amines) is 1. The molecule has 0 aromatic heterocycles. The van der Waals surface area contributed by atoms with E-state index >= 15 is 0 Å². The van der Waals surface area contributed by atoms with Gasteiger partial charge in [-0.05, 0) is 42.6 Å². The van der Waals surface area contributed by atoms with Gasteiger partial charge in [0, 0.05) is 19.6 Å². The number of rotatable bonds is 5. The van der Waals surface area contributed by atoms with Crippen LogP contribution in [-0.4, -0.2) is 67.6 Å². The number of piperidine rings is 1. The van der Waals surface area contributed by atoms with E-state index in [1.165, 1.54) is 10.8 Å². The molecule has 6 nitrogen and oxygen atoms in total. The topological polar surface area (TPSA) is 61.9 Å². The van der Waals surface area contributed by atoms with Gasteiger partial charge in [0.05, 0.1) is 31.7 Å². The van der Waals surface area contributed by atoms with Crippen molar-refractivity contribution in [3.8, 4) is 0 Å². The van der Waals surface area contributed by atoms with Gasteiger partial charge in [-0.3, -0.25) is 14.5 Å². The number of fused-ring (bicyclic) bond motifs is 1. The average molecular weight is 410 g/mol. The Hall–Kier alpha value is -2.44. The number of amides is 2. The second-order valence-corrected chi connectivity index (χ2v) is 8.37. The number of ether oxygens (including phenoxy) is 1. The summed E-state index contributed by atoms with van der Waals surface area (Å²) in [6.07, 6.45) is 1.85. The second-order valence-electron chi connectivity index (χ2n) is 8.37. The van der Waals surface area contributed by atoms with Crippen LogP contribution in [0.1, 0.15) is 31.4 Å². The maximum absolute atomic E-state index is 12.8. The van der Waals surface area contributed by atoms with Gasteiger partial charge in [-0.1, -0.05) is 42.5 Å². The number of morpholine rings is 1. The Morgan fingerprint density at radius 1 is 1.10 bits per heavy atom. The van der Waals surface area contributed by atoms with Crippen LogP contribution in [-0.2, 0) is 14.3 Å². The molecule has 2 amide bonds. The van der Waals surface area contributed by atoms with Crippen LogP contribution >= 0.6 is 0 Å². The predicted molar refractivity (Wildman–Crippen MR) is 117 cm³/mol. The summed E-state index contributed by atoms with van der Waals surface area (Å²) in [7, 11) is 0. The largest absolute Gasteiger partial charge is 0.378 e. The quantitative estimate of drug-likeness (QED) is 0.825. The summed E-state index contributed by atoms with van der Waals surface area (Å²) in [6, 6.07) is 14.4. The highest BCUT2D eigenvalue weighted by atomic mass is 16.5. The molecular weight excluding hydrogens is 378 g/mol. The van der Waals surface area contributed by atoms with Crippen LogP contribution in [0.4, 0.5) is 0 Å². The number of carbonyl (C=O) groups is 2. The molecule has 1 N–H and O–H groups in total. The average Bonchev–Trinajstić information content (AvgIpc) is 2.78. The normalized spacial score (nSPS) is 21.4. The lowest BCUT2D eigenvalue weighted by molar-refractivity contribution is -0.142. The van der Waals surface area contributed by atoms with Gasteiger partial charge in [0.15, 0.2) is 0 Å². The van der Waals surface area contributed by atoms with Gasteiger partial charge in [-0.2, -0.15) is 0 Å². The van der Waals surface area contributed by atoms with Crippen molar-refractivity contribution in [3.05, 3.63) is 48.0 Å². The van der Waals surface area contributed by atoms with Crippen LogP contribution in [0, 0.1) is 5.92 Å². The highest BCUT2D eigenvalue weighted by molar-refractivity contribution is 5.87. The molecule has 0 bridgehead atoms. The van der Waals surface area contributed by atoms with Crippen LogP contribution in [0.15, 0.2) is 42.5 Å². The van der Waals surface area contributed by atoms with Crippen LogP contribution in [0.25, 0.3) is 10.8 Å². The Bertz CT molecular complexity index is 889. The SMILES string of the molecule is C[C@@H](NC(=O)CN1CCC[C@H](C(=O)N2CCOCC2)C1)c1cccc2ccccc12. The fraction of sp³-hybridized carbons (Fsp3) is 0.500. The Morgan fingerprint density at radius 2 is 1.87 bits per heavy atom. The number of hydrogen-bond acceptors (Lipinski definition) is 4. The summed E-state index contributed by atoms with van der Waals surface area (Å²) >= 11 is 0. The minimum absolute atomic E-state index is 0.00917. The van der Waals surface area contributed by atoms with E-state index in [-0.39, 0.29) is 23.8 Å². The molecule has 2 aromatic rings. The Labute approximate surface area is 178 Å². The lowest BCUT2D eigenvalue weighted by atomic mass is 9.96. The fourth-order valence-corrected chi connectivity index (χ4v) is 4.64. The molecule has 2 aliphatic heterocycles. The molecule has 6 heteroatoms. The highest BCUT2D eigenvalue weighted by Crippen LogP contribution is 2.24. The minimum atomic E-state index is -0.0702. The van der Waals surface area contributed by atoms with Crippen LogP contribution in [0.2, 0.25) is 0 Å². The first-order chi connectivity index (χ1) is 14.6. The zero-order chi connectivity index (χ0) is 20.9. The first kappa shape index (κ1) is 20.8. The third-order valence-corrected chi connectivity index (χ3v) is 6.21. The first-order valence-corrected chi connectivity index (χ1v) is 11.0. The zero-order valence-corrected chi connectivity index (χ0v) is 17.7. The molecule has 0 saturated carbocycles. The van der Waals surface area contributed by atoms with Gasteiger partial charge in [-0.15, -0.1) is 0 Å². The van der Waals surface area contributed by atoms with Crippen molar-refractivity contribution >= 4 is 22.6 Å². The number of nitrogens with one attached hydrogen (secondary N) is 1. The highest BCUT2D eigenvalue weighted by Gasteiger charge is 2.30. The van der Waals surface area contributed by atoms with Crippen molar-refractivity contribution in [1.82, 2.24) is 15.1 Å². The van der Waals surface area contributed by atoms with E-state index in [1.807, 2.05) is 30.0 Å². The molecule has 2 atom stereocenters. The number of hydrogen-bond donors (Lipinski definition) is 1. The standard InChI is InChI=1S/C24H31N3O3/c1-18(21-10-4-7-19-6-2-3-9-22(19)21)25-23(28)17-26-11-5-8-20(16-26)24(29)27-12-14-30-15-13-27/h2-4,6-7,9-10,18,20H,5,8,11-17H2,1H3,(H,25,28)/t18-,20+/m1/s1. The first-order valence-electron chi connectivity index (χ1n) is 11.0. The van der Waals surface area contributed by atoms with E-state index in [9.17, 15) is 9.59 Å². The van der Waals surface area contributed by atoms with Gasteiger partial charge < -0.3 is 15.0 Å².